The zero-order valence-corrected chi connectivity index (χ0v) is 15.4. The van der Waals surface area contributed by atoms with E-state index >= 15 is 0 Å². The van der Waals surface area contributed by atoms with Crippen molar-refractivity contribution >= 4 is 41.3 Å². The molecule has 6 heteroatoms. The van der Waals surface area contributed by atoms with E-state index in [-0.39, 0.29) is 24.0 Å². The van der Waals surface area contributed by atoms with Crippen molar-refractivity contribution in [2.24, 2.45) is 10.9 Å². The van der Waals surface area contributed by atoms with E-state index in [0.717, 1.165) is 25.0 Å². The number of halogens is 1. The average Bonchev–Trinajstić information content (AvgIpc) is 2.94. The first-order valence-corrected chi connectivity index (χ1v) is 7.81. The summed E-state index contributed by atoms with van der Waals surface area (Å²) in [5, 5.41) is 8.90. The Hall–Kier alpha value is -0.340. The van der Waals surface area contributed by atoms with Crippen LogP contribution in [0.1, 0.15) is 17.7 Å². The minimum absolute atomic E-state index is 0. The van der Waals surface area contributed by atoms with Crippen LogP contribution in [0.5, 0.6) is 0 Å². The number of piperidine rings is 1. The van der Waals surface area contributed by atoms with Gasteiger partial charge in [-0.2, -0.15) is 0 Å². The first-order valence-electron chi connectivity index (χ1n) is 6.93. The molecule has 2 rings (SSSR count). The lowest BCUT2D eigenvalue weighted by Gasteiger charge is -2.29. The van der Waals surface area contributed by atoms with E-state index in [2.05, 4.69) is 45.1 Å². The van der Waals surface area contributed by atoms with Crippen LogP contribution in [-0.4, -0.2) is 44.6 Å². The van der Waals surface area contributed by atoms with Crippen LogP contribution >= 0.6 is 35.3 Å². The van der Waals surface area contributed by atoms with Gasteiger partial charge in [0.15, 0.2) is 5.96 Å². The van der Waals surface area contributed by atoms with E-state index in [1.165, 1.54) is 30.8 Å². The van der Waals surface area contributed by atoms with Crippen LogP contribution in [0.3, 0.4) is 0 Å². The molecule has 0 bridgehead atoms. The van der Waals surface area contributed by atoms with E-state index in [1.54, 1.807) is 11.3 Å². The van der Waals surface area contributed by atoms with E-state index in [4.69, 9.17) is 0 Å². The van der Waals surface area contributed by atoms with Crippen LogP contribution in [0.4, 0.5) is 0 Å². The topological polar surface area (TPSA) is 39.7 Å². The predicted octanol–water partition coefficient (Wildman–Crippen LogP) is 2.37. The van der Waals surface area contributed by atoms with Gasteiger partial charge in [0, 0.05) is 18.5 Å². The molecule has 0 unspecified atom stereocenters. The maximum Gasteiger partial charge on any atom is 0.191 e. The molecule has 0 atom stereocenters. The molecule has 1 aliphatic heterocycles. The molecule has 4 nitrogen and oxygen atoms in total. The van der Waals surface area contributed by atoms with Gasteiger partial charge >= 0.3 is 0 Å². The number of likely N-dealkylation sites (tertiary alicyclic amines) is 1. The van der Waals surface area contributed by atoms with E-state index in [9.17, 15) is 0 Å². The molecule has 0 aliphatic carbocycles. The second-order valence-corrected chi connectivity index (χ2v) is 6.16. The van der Waals surface area contributed by atoms with Gasteiger partial charge < -0.3 is 15.5 Å². The summed E-state index contributed by atoms with van der Waals surface area (Å²) in [7, 11) is 4.03. The lowest BCUT2D eigenvalue weighted by atomic mass is 9.97. The fourth-order valence-corrected chi connectivity index (χ4v) is 2.96. The smallest absolute Gasteiger partial charge is 0.191 e. The molecule has 1 aromatic rings. The van der Waals surface area contributed by atoms with Crippen molar-refractivity contribution in [3.05, 3.63) is 22.4 Å². The highest BCUT2D eigenvalue weighted by Crippen LogP contribution is 2.14. The Morgan fingerprint density at radius 1 is 1.40 bits per heavy atom. The van der Waals surface area contributed by atoms with Gasteiger partial charge in [-0.25, -0.2) is 0 Å². The third-order valence-corrected chi connectivity index (χ3v) is 4.51. The molecule has 0 amide bonds. The Labute approximate surface area is 143 Å². The summed E-state index contributed by atoms with van der Waals surface area (Å²) < 4.78 is 0. The molecule has 1 aliphatic rings. The number of thiophene rings is 1. The van der Waals surface area contributed by atoms with Crippen molar-refractivity contribution in [2.45, 2.75) is 19.4 Å². The van der Waals surface area contributed by atoms with Gasteiger partial charge in [0.25, 0.3) is 0 Å². The maximum atomic E-state index is 4.28. The molecule has 1 saturated heterocycles. The number of nitrogens with zero attached hydrogens (tertiary/aromatic N) is 2. The van der Waals surface area contributed by atoms with Crippen LogP contribution < -0.4 is 10.6 Å². The molecular formula is C14H25IN4S. The molecule has 1 fully saturated rings. The van der Waals surface area contributed by atoms with Gasteiger partial charge in [-0.15, -0.1) is 35.3 Å². The highest BCUT2D eigenvalue weighted by molar-refractivity contribution is 14.0. The van der Waals surface area contributed by atoms with Gasteiger partial charge in [-0.1, -0.05) is 6.07 Å². The summed E-state index contributed by atoms with van der Waals surface area (Å²) in [6, 6.07) is 4.22. The Balaban J connectivity index is 0.00000200. The van der Waals surface area contributed by atoms with Crippen LogP contribution in [0, 0.1) is 5.92 Å². The standard InChI is InChI=1S/C14H24N4S.HI/c1-15-14(17-11-13-4-3-9-19-13)16-10-12-5-7-18(2)8-6-12;/h3-4,9,12H,5-8,10-11H2,1-2H3,(H2,15,16,17);1H. The molecule has 2 heterocycles. The Morgan fingerprint density at radius 2 is 2.15 bits per heavy atom. The van der Waals surface area contributed by atoms with Crippen LogP contribution in [0.15, 0.2) is 22.5 Å². The van der Waals surface area contributed by atoms with Crippen molar-refractivity contribution in [3.8, 4) is 0 Å². The van der Waals surface area contributed by atoms with Crippen molar-refractivity contribution in [3.63, 3.8) is 0 Å². The largest absolute Gasteiger partial charge is 0.356 e. The number of aliphatic imine (C=N–C) groups is 1. The summed E-state index contributed by atoms with van der Waals surface area (Å²) in [6.45, 7) is 4.31. The first-order chi connectivity index (χ1) is 9.28. The molecule has 0 saturated carbocycles. The SMILES string of the molecule is CN=C(NCc1cccs1)NCC1CCN(C)CC1.I. The summed E-state index contributed by atoms with van der Waals surface area (Å²) in [6.07, 6.45) is 2.57. The summed E-state index contributed by atoms with van der Waals surface area (Å²) in [5.41, 5.74) is 0. The third kappa shape index (κ3) is 5.97. The van der Waals surface area contributed by atoms with E-state index < -0.39 is 0 Å². The molecule has 20 heavy (non-hydrogen) atoms. The van der Waals surface area contributed by atoms with Gasteiger partial charge in [-0.05, 0) is 50.3 Å². The maximum absolute atomic E-state index is 4.28. The molecular weight excluding hydrogens is 383 g/mol. The average molecular weight is 408 g/mol. The monoisotopic (exact) mass is 408 g/mol. The van der Waals surface area contributed by atoms with Crippen molar-refractivity contribution in [1.29, 1.82) is 0 Å². The number of guanidine groups is 1. The summed E-state index contributed by atoms with van der Waals surface area (Å²) in [5.74, 6) is 1.68. The number of hydrogen-bond donors (Lipinski definition) is 2. The number of hydrogen-bond acceptors (Lipinski definition) is 3. The van der Waals surface area contributed by atoms with Gasteiger partial charge in [0.2, 0.25) is 0 Å². The summed E-state index contributed by atoms with van der Waals surface area (Å²) >= 11 is 1.77. The van der Waals surface area contributed by atoms with Crippen LogP contribution in [-0.2, 0) is 6.54 Å². The highest BCUT2D eigenvalue weighted by Gasteiger charge is 2.16. The Bertz CT molecular complexity index is 386. The Morgan fingerprint density at radius 3 is 2.75 bits per heavy atom. The summed E-state index contributed by atoms with van der Waals surface area (Å²) in [4.78, 5) is 8.01. The van der Waals surface area contributed by atoms with Crippen molar-refractivity contribution < 1.29 is 0 Å². The first kappa shape index (κ1) is 17.7. The van der Waals surface area contributed by atoms with Gasteiger partial charge in [0.05, 0.1) is 6.54 Å². The minimum atomic E-state index is 0. The lowest BCUT2D eigenvalue weighted by Crippen LogP contribution is -2.41. The number of nitrogens with one attached hydrogen (secondary N) is 2. The quantitative estimate of drug-likeness (QED) is 0.457. The molecule has 1 aromatic heterocycles. The van der Waals surface area contributed by atoms with Crippen LogP contribution in [0.25, 0.3) is 0 Å². The normalized spacial score (nSPS) is 17.6. The fourth-order valence-electron chi connectivity index (χ4n) is 2.31. The van der Waals surface area contributed by atoms with Gasteiger partial charge in [-0.3, -0.25) is 4.99 Å². The molecule has 0 aromatic carbocycles. The lowest BCUT2D eigenvalue weighted by molar-refractivity contribution is 0.220. The number of rotatable bonds is 4. The van der Waals surface area contributed by atoms with Gasteiger partial charge in [0.1, 0.15) is 0 Å². The van der Waals surface area contributed by atoms with Crippen molar-refractivity contribution in [2.75, 3.05) is 33.7 Å². The fraction of sp³-hybridized carbons (Fsp3) is 0.643. The molecule has 114 valence electrons. The second kappa shape index (κ2) is 9.57. The van der Waals surface area contributed by atoms with E-state index in [0.29, 0.717) is 0 Å². The Kier molecular flexibility index (Phi) is 8.47. The predicted molar refractivity (Wildman–Crippen MR) is 98.2 cm³/mol. The highest BCUT2D eigenvalue weighted by atomic mass is 127. The molecule has 2 N–H and O–H groups in total. The zero-order valence-electron chi connectivity index (χ0n) is 12.3. The third-order valence-electron chi connectivity index (χ3n) is 3.63. The van der Waals surface area contributed by atoms with E-state index in [1.807, 2.05) is 7.05 Å². The van der Waals surface area contributed by atoms with Crippen molar-refractivity contribution in [1.82, 2.24) is 15.5 Å². The second-order valence-electron chi connectivity index (χ2n) is 5.13. The zero-order chi connectivity index (χ0) is 13.5. The molecule has 0 spiro atoms. The molecule has 0 radical (unpaired) electrons. The van der Waals surface area contributed by atoms with Crippen LogP contribution in [0.2, 0.25) is 0 Å². The minimum Gasteiger partial charge on any atom is -0.356 e.